The van der Waals surface area contributed by atoms with Gasteiger partial charge in [-0.1, -0.05) is 0 Å². The Morgan fingerprint density at radius 3 is 2.95 bits per heavy atom. The predicted molar refractivity (Wildman–Crippen MR) is 79.6 cm³/mol. The molecule has 2 N–H and O–H groups in total. The Morgan fingerprint density at radius 1 is 1.52 bits per heavy atom. The summed E-state index contributed by atoms with van der Waals surface area (Å²) >= 11 is 1.44. The van der Waals surface area contributed by atoms with E-state index in [1.807, 2.05) is 0 Å². The van der Waals surface area contributed by atoms with E-state index in [0.717, 1.165) is 5.01 Å². The molecule has 0 saturated carbocycles. The zero-order chi connectivity index (χ0) is 15.2. The smallest absolute Gasteiger partial charge is 0.311 e. The van der Waals surface area contributed by atoms with Crippen molar-refractivity contribution >= 4 is 22.7 Å². The lowest BCUT2D eigenvalue weighted by Gasteiger charge is -2.08. The fourth-order valence-electron chi connectivity index (χ4n) is 1.73. The Hall–Kier alpha value is -2.19. The molecule has 0 amide bonds. The van der Waals surface area contributed by atoms with Crippen LogP contribution in [0.2, 0.25) is 0 Å². The number of thiazole rings is 1. The highest BCUT2D eigenvalue weighted by atomic mass is 32.1. The van der Waals surface area contributed by atoms with Crippen molar-refractivity contribution in [3.63, 3.8) is 0 Å². The van der Waals surface area contributed by atoms with Gasteiger partial charge in [0.1, 0.15) is 5.01 Å². The normalized spacial score (nSPS) is 10.4. The molecule has 1 aromatic carbocycles. The molecule has 112 valence electrons. The van der Waals surface area contributed by atoms with Gasteiger partial charge in [-0.25, -0.2) is 4.98 Å². The number of hydrogen-bond donors (Lipinski definition) is 2. The molecule has 0 unspecified atom stereocenters. The first kappa shape index (κ1) is 15.2. The third kappa shape index (κ3) is 3.89. The average Bonchev–Trinajstić information content (AvgIpc) is 2.93. The number of aromatic nitrogens is 1. The number of hydrogen-bond acceptors (Lipinski definition) is 7. The van der Waals surface area contributed by atoms with Crippen LogP contribution in [-0.4, -0.2) is 21.6 Å². The lowest BCUT2D eigenvalue weighted by atomic mass is 10.2. The molecule has 0 aliphatic rings. The fourth-order valence-corrected chi connectivity index (χ4v) is 2.45. The first-order chi connectivity index (χ1) is 10.1. The van der Waals surface area contributed by atoms with Gasteiger partial charge in [-0.3, -0.25) is 10.1 Å². The monoisotopic (exact) mass is 309 g/mol. The van der Waals surface area contributed by atoms with Crippen LogP contribution < -0.4 is 10.1 Å². The number of aliphatic hydroxyl groups is 1. The van der Waals surface area contributed by atoms with Crippen molar-refractivity contribution in [1.29, 1.82) is 0 Å². The van der Waals surface area contributed by atoms with E-state index in [1.165, 1.54) is 17.4 Å². The van der Waals surface area contributed by atoms with Gasteiger partial charge in [-0.2, -0.15) is 0 Å². The summed E-state index contributed by atoms with van der Waals surface area (Å²) in [6, 6.07) is 4.64. The van der Waals surface area contributed by atoms with Crippen molar-refractivity contribution in [3.8, 4) is 5.75 Å². The molecule has 1 aromatic heterocycles. The largest absolute Gasteiger partial charge is 0.487 e. The van der Waals surface area contributed by atoms with E-state index in [1.54, 1.807) is 24.4 Å². The van der Waals surface area contributed by atoms with Crippen LogP contribution in [0.5, 0.6) is 5.75 Å². The fraction of sp³-hybridized carbons (Fsp3) is 0.308. The predicted octanol–water partition coefficient (Wildman–Crippen LogP) is 2.55. The van der Waals surface area contributed by atoms with Gasteiger partial charge in [0, 0.05) is 23.2 Å². The van der Waals surface area contributed by atoms with Crippen molar-refractivity contribution in [2.24, 2.45) is 0 Å². The molecule has 7 nitrogen and oxygen atoms in total. The molecule has 2 aromatic rings. The number of rotatable bonds is 7. The molecule has 8 heteroatoms. The number of nitrogens with one attached hydrogen (secondary N) is 1. The van der Waals surface area contributed by atoms with Crippen molar-refractivity contribution in [1.82, 2.24) is 4.98 Å². The van der Waals surface area contributed by atoms with Crippen LogP contribution in [-0.2, 0) is 13.2 Å². The molecule has 0 atom stereocenters. The second-order valence-electron chi connectivity index (χ2n) is 4.12. The van der Waals surface area contributed by atoms with Gasteiger partial charge in [0.05, 0.1) is 30.4 Å². The number of ether oxygens (including phenoxy) is 1. The summed E-state index contributed by atoms with van der Waals surface area (Å²) < 4.78 is 5.28. The number of nitro groups is 1. The van der Waals surface area contributed by atoms with Gasteiger partial charge in [-0.05, 0) is 13.0 Å². The molecular weight excluding hydrogens is 294 g/mol. The highest BCUT2D eigenvalue weighted by Crippen LogP contribution is 2.30. The molecule has 0 bridgehead atoms. The Balaban J connectivity index is 2.09. The van der Waals surface area contributed by atoms with E-state index in [4.69, 9.17) is 9.84 Å². The van der Waals surface area contributed by atoms with E-state index in [0.29, 0.717) is 24.5 Å². The Bertz CT molecular complexity index is 630. The summed E-state index contributed by atoms with van der Waals surface area (Å²) in [5.74, 6) is 0.239. The van der Waals surface area contributed by atoms with E-state index in [2.05, 4.69) is 10.3 Å². The SMILES string of the molecule is CCOc1cc(NCc2nc(CO)cs2)ccc1[N+](=O)[O-]. The molecule has 21 heavy (non-hydrogen) atoms. The first-order valence-corrected chi connectivity index (χ1v) is 7.21. The maximum absolute atomic E-state index is 10.9. The summed E-state index contributed by atoms with van der Waals surface area (Å²) in [6.45, 7) is 2.53. The lowest BCUT2D eigenvalue weighted by molar-refractivity contribution is -0.385. The summed E-state index contributed by atoms with van der Waals surface area (Å²) in [6.07, 6.45) is 0. The van der Waals surface area contributed by atoms with Gasteiger partial charge in [0.25, 0.3) is 0 Å². The molecule has 1 heterocycles. The minimum absolute atomic E-state index is 0.0563. The van der Waals surface area contributed by atoms with Crippen LogP contribution in [0.15, 0.2) is 23.6 Å². The molecular formula is C13H15N3O4S. The number of aliphatic hydroxyl groups excluding tert-OH is 1. The molecule has 0 aliphatic carbocycles. The number of benzene rings is 1. The van der Waals surface area contributed by atoms with Crippen LogP contribution >= 0.6 is 11.3 Å². The quantitative estimate of drug-likeness (QED) is 0.602. The van der Waals surface area contributed by atoms with Gasteiger partial charge >= 0.3 is 5.69 Å². The van der Waals surface area contributed by atoms with Gasteiger partial charge in [0.15, 0.2) is 5.75 Å². The third-order valence-corrected chi connectivity index (χ3v) is 3.56. The first-order valence-electron chi connectivity index (χ1n) is 6.33. The zero-order valence-corrected chi connectivity index (χ0v) is 12.2. The average molecular weight is 309 g/mol. The van der Waals surface area contributed by atoms with E-state index in [-0.39, 0.29) is 18.0 Å². The topological polar surface area (TPSA) is 97.5 Å². The maximum atomic E-state index is 10.9. The zero-order valence-electron chi connectivity index (χ0n) is 11.4. The third-order valence-electron chi connectivity index (χ3n) is 2.66. The van der Waals surface area contributed by atoms with Gasteiger partial charge < -0.3 is 15.2 Å². The van der Waals surface area contributed by atoms with E-state index >= 15 is 0 Å². The highest BCUT2D eigenvalue weighted by Gasteiger charge is 2.15. The van der Waals surface area contributed by atoms with E-state index in [9.17, 15) is 10.1 Å². The summed E-state index contributed by atoms with van der Waals surface area (Å²) in [4.78, 5) is 14.6. The number of nitro benzene ring substituents is 1. The number of anilines is 1. The summed E-state index contributed by atoms with van der Waals surface area (Å²) in [5, 5.41) is 25.6. The molecule has 0 radical (unpaired) electrons. The van der Waals surface area contributed by atoms with Crippen molar-refractivity contribution in [3.05, 3.63) is 44.4 Å². The highest BCUT2D eigenvalue weighted by molar-refractivity contribution is 7.09. The van der Waals surface area contributed by atoms with Crippen LogP contribution in [0, 0.1) is 10.1 Å². The standard InChI is InChI=1S/C13H15N3O4S/c1-2-20-12-5-9(3-4-11(12)16(18)19)14-6-13-15-10(7-17)8-21-13/h3-5,8,14,17H,2,6-7H2,1H3. The van der Waals surface area contributed by atoms with Crippen LogP contribution in [0.4, 0.5) is 11.4 Å². The Kier molecular flexibility index (Phi) is 5.07. The molecule has 0 spiro atoms. The minimum Gasteiger partial charge on any atom is -0.487 e. The summed E-state index contributed by atoms with van der Waals surface area (Å²) in [5.41, 5.74) is 1.29. The molecule has 0 fully saturated rings. The van der Waals surface area contributed by atoms with Crippen molar-refractivity contribution < 1.29 is 14.8 Å². The van der Waals surface area contributed by atoms with Crippen LogP contribution in [0.3, 0.4) is 0 Å². The van der Waals surface area contributed by atoms with Crippen molar-refractivity contribution in [2.75, 3.05) is 11.9 Å². The Morgan fingerprint density at radius 2 is 2.33 bits per heavy atom. The molecule has 2 rings (SSSR count). The van der Waals surface area contributed by atoms with Crippen LogP contribution in [0.25, 0.3) is 0 Å². The van der Waals surface area contributed by atoms with Crippen molar-refractivity contribution in [2.45, 2.75) is 20.1 Å². The maximum Gasteiger partial charge on any atom is 0.311 e. The van der Waals surface area contributed by atoms with Gasteiger partial charge in [-0.15, -0.1) is 11.3 Å². The van der Waals surface area contributed by atoms with Gasteiger partial charge in [0.2, 0.25) is 0 Å². The summed E-state index contributed by atoms with van der Waals surface area (Å²) in [7, 11) is 0. The van der Waals surface area contributed by atoms with E-state index < -0.39 is 4.92 Å². The molecule has 0 aliphatic heterocycles. The number of nitrogens with zero attached hydrogens (tertiary/aromatic N) is 2. The second-order valence-corrected chi connectivity index (χ2v) is 5.06. The van der Waals surface area contributed by atoms with Crippen LogP contribution in [0.1, 0.15) is 17.6 Å². The minimum atomic E-state index is -0.469. The second kappa shape index (κ2) is 7.00. The Labute approximate surface area is 125 Å². The molecule has 0 saturated heterocycles. The lowest BCUT2D eigenvalue weighted by Crippen LogP contribution is -2.02.